The normalized spacial score (nSPS) is 15.4. The van der Waals surface area contributed by atoms with Gasteiger partial charge in [0.15, 0.2) is 0 Å². The number of benzene rings is 2. The van der Waals surface area contributed by atoms with Crippen molar-refractivity contribution >= 4 is 23.6 Å². The molecule has 0 aromatic heterocycles. The van der Waals surface area contributed by atoms with E-state index in [1.54, 1.807) is 12.1 Å². The summed E-state index contributed by atoms with van der Waals surface area (Å²) in [5.74, 6) is 0.627. The lowest BCUT2D eigenvalue weighted by atomic mass is 9.89. The van der Waals surface area contributed by atoms with Crippen molar-refractivity contribution in [1.82, 2.24) is 10.6 Å². The van der Waals surface area contributed by atoms with Crippen LogP contribution < -0.4 is 10.6 Å². The highest BCUT2D eigenvalue weighted by atomic mass is 32.2. The average Bonchev–Trinajstić information content (AvgIpc) is 2.81. The Morgan fingerprint density at radius 1 is 0.967 bits per heavy atom. The predicted molar refractivity (Wildman–Crippen MR) is 120 cm³/mol. The molecule has 0 heterocycles. The molecule has 5 nitrogen and oxygen atoms in total. The number of hydrogen-bond donors (Lipinski definition) is 3. The molecule has 0 saturated heterocycles. The molecule has 3 N–H and O–H groups in total. The van der Waals surface area contributed by atoms with Crippen LogP contribution in [0, 0.1) is 5.92 Å². The van der Waals surface area contributed by atoms with Crippen LogP contribution in [0.4, 0.5) is 0 Å². The fourth-order valence-corrected chi connectivity index (χ4v) is 4.58. The summed E-state index contributed by atoms with van der Waals surface area (Å²) in [5.41, 5.74) is 1.28. The first-order valence-electron chi connectivity index (χ1n) is 10.6. The molecule has 0 aliphatic heterocycles. The first-order chi connectivity index (χ1) is 14.6. The van der Waals surface area contributed by atoms with Crippen molar-refractivity contribution in [2.75, 3.05) is 18.8 Å². The molecule has 160 valence electrons. The van der Waals surface area contributed by atoms with Gasteiger partial charge in [-0.25, -0.2) is 0 Å². The zero-order chi connectivity index (χ0) is 21.2. The molecule has 2 aromatic carbocycles. The highest BCUT2D eigenvalue weighted by Gasteiger charge is 2.16. The summed E-state index contributed by atoms with van der Waals surface area (Å²) in [6, 6.07) is 16.5. The van der Waals surface area contributed by atoms with Crippen LogP contribution in [-0.4, -0.2) is 35.8 Å². The van der Waals surface area contributed by atoms with Gasteiger partial charge in [0.1, 0.15) is 0 Å². The van der Waals surface area contributed by atoms with E-state index >= 15 is 0 Å². The van der Waals surface area contributed by atoms with Gasteiger partial charge >= 0.3 is 0 Å². The van der Waals surface area contributed by atoms with Gasteiger partial charge in [0, 0.05) is 18.0 Å². The number of nitrogens with one attached hydrogen (secondary N) is 2. The minimum Gasteiger partial charge on any atom is -0.387 e. The highest BCUT2D eigenvalue weighted by Crippen LogP contribution is 2.24. The van der Waals surface area contributed by atoms with Crippen molar-refractivity contribution in [3.63, 3.8) is 0 Å². The summed E-state index contributed by atoms with van der Waals surface area (Å²) in [7, 11) is 0. The van der Waals surface area contributed by atoms with E-state index < -0.39 is 6.10 Å². The molecule has 2 amide bonds. The van der Waals surface area contributed by atoms with Crippen molar-refractivity contribution in [2.24, 2.45) is 5.92 Å². The molecular weight excluding hydrogens is 396 g/mol. The van der Waals surface area contributed by atoms with E-state index in [-0.39, 0.29) is 24.1 Å². The Labute approximate surface area is 182 Å². The predicted octanol–water partition coefficient (Wildman–Crippen LogP) is 3.94. The molecule has 2 aromatic rings. The van der Waals surface area contributed by atoms with E-state index in [0.29, 0.717) is 11.5 Å². The summed E-state index contributed by atoms with van der Waals surface area (Å²) in [5, 5.41) is 16.1. The number of amides is 2. The molecule has 1 fully saturated rings. The SMILES string of the molecule is O=C(CSc1ccccc1C(=O)NCC(O)c1ccccc1)NCC1CCCCC1. The lowest BCUT2D eigenvalue weighted by Crippen LogP contribution is -2.31. The quantitative estimate of drug-likeness (QED) is 0.531. The van der Waals surface area contributed by atoms with E-state index in [4.69, 9.17) is 0 Å². The van der Waals surface area contributed by atoms with Gasteiger partial charge in [-0.3, -0.25) is 9.59 Å². The topological polar surface area (TPSA) is 78.4 Å². The number of aliphatic hydroxyl groups is 1. The summed E-state index contributed by atoms with van der Waals surface area (Å²) in [6.45, 7) is 0.878. The van der Waals surface area contributed by atoms with Crippen LogP contribution in [0.3, 0.4) is 0 Å². The number of hydrogen-bond acceptors (Lipinski definition) is 4. The van der Waals surface area contributed by atoms with Crippen LogP contribution in [0.1, 0.15) is 54.1 Å². The standard InChI is InChI=1S/C24H30N2O3S/c27-21(19-11-5-2-6-12-19)16-26-24(29)20-13-7-8-14-22(20)30-17-23(28)25-15-18-9-3-1-4-10-18/h2,5-8,11-14,18,21,27H,1,3-4,9-10,15-17H2,(H,25,28)(H,26,29). The van der Waals surface area contributed by atoms with E-state index in [0.717, 1.165) is 17.0 Å². The molecule has 0 bridgehead atoms. The molecule has 0 spiro atoms. The van der Waals surface area contributed by atoms with Crippen molar-refractivity contribution in [3.05, 3.63) is 65.7 Å². The molecular formula is C24H30N2O3S. The van der Waals surface area contributed by atoms with Crippen molar-refractivity contribution in [2.45, 2.75) is 43.1 Å². The first kappa shape index (κ1) is 22.4. The van der Waals surface area contributed by atoms with Crippen LogP contribution in [0.15, 0.2) is 59.5 Å². The third kappa shape index (κ3) is 6.89. The number of carbonyl (C=O) groups excluding carboxylic acids is 2. The second-order valence-corrected chi connectivity index (χ2v) is 8.75. The van der Waals surface area contributed by atoms with E-state index in [1.807, 2.05) is 42.5 Å². The van der Waals surface area contributed by atoms with Gasteiger partial charge in [0.05, 0.1) is 17.4 Å². The van der Waals surface area contributed by atoms with Crippen LogP contribution in [-0.2, 0) is 4.79 Å². The number of rotatable bonds is 9. The lowest BCUT2D eigenvalue weighted by Gasteiger charge is -2.21. The van der Waals surface area contributed by atoms with Gasteiger partial charge in [-0.05, 0) is 36.5 Å². The van der Waals surface area contributed by atoms with Gasteiger partial charge in [0.2, 0.25) is 5.91 Å². The molecule has 1 atom stereocenters. The third-order valence-electron chi connectivity index (χ3n) is 5.44. The number of aliphatic hydroxyl groups excluding tert-OH is 1. The van der Waals surface area contributed by atoms with Crippen LogP contribution >= 0.6 is 11.8 Å². The lowest BCUT2D eigenvalue weighted by molar-refractivity contribution is -0.118. The fraction of sp³-hybridized carbons (Fsp3) is 0.417. The molecule has 1 aliphatic carbocycles. The first-order valence-corrected chi connectivity index (χ1v) is 11.6. The van der Waals surface area contributed by atoms with Gasteiger partial charge in [-0.2, -0.15) is 0 Å². The van der Waals surface area contributed by atoms with Gasteiger partial charge in [0.25, 0.3) is 5.91 Å². The minimum absolute atomic E-state index is 0.000263. The van der Waals surface area contributed by atoms with E-state index in [9.17, 15) is 14.7 Å². The van der Waals surface area contributed by atoms with Crippen molar-refractivity contribution in [1.29, 1.82) is 0 Å². The Kier molecular flexibility index (Phi) is 8.78. The molecule has 6 heteroatoms. The third-order valence-corrected chi connectivity index (χ3v) is 6.52. The Hall–Kier alpha value is -2.31. The fourth-order valence-electron chi connectivity index (χ4n) is 3.70. The van der Waals surface area contributed by atoms with Gasteiger partial charge in [-0.15, -0.1) is 11.8 Å². The highest BCUT2D eigenvalue weighted by molar-refractivity contribution is 8.00. The maximum absolute atomic E-state index is 12.6. The Bertz CT molecular complexity index is 822. The van der Waals surface area contributed by atoms with Crippen LogP contribution in [0.5, 0.6) is 0 Å². The zero-order valence-corrected chi connectivity index (χ0v) is 18.0. The van der Waals surface area contributed by atoms with E-state index in [1.165, 1.54) is 43.9 Å². The Morgan fingerprint density at radius 2 is 1.67 bits per heavy atom. The maximum Gasteiger partial charge on any atom is 0.252 e. The molecule has 30 heavy (non-hydrogen) atoms. The largest absolute Gasteiger partial charge is 0.387 e. The van der Waals surface area contributed by atoms with Gasteiger partial charge in [-0.1, -0.05) is 61.7 Å². The molecule has 1 aliphatic rings. The number of carbonyl (C=O) groups is 2. The van der Waals surface area contributed by atoms with Gasteiger partial charge < -0.3 is 15.7 Å². The number of thioether (sulfide) groups is 1. The van der Waals surface area contributed by atoms with Crippen LogP contribution in [0.25, 0.3) is 0 Å². The second-order valence-electron chi connectivity index (χ2n) is 7.73. The Balaban J connectivity index is 1.48. The average molecular weight is 427 g/mol. The van der Waals surface area contributed by atoms with Crippen LogP contribution in [0.2, 0.25) is 0 Å². The minimum atomic E-state index is -0.763. The maximum atomic E-state index is 12.6. The molecule has 3 rings (SSSR count). The smallest absolute Gasteiger partial charge is 0.252 e. The molecule has 1 saturated carbocycles. The summed E-state index contributed by atoms with van der Waals surface area (Å²) in [6.07, 6.45) is 5.46. The molecule has 0 radical (unpaired) electrons. The zero-order valence-electron chi connectivity index (χ0n) is 17.2. The van der Waals surface area contributed by atoms with Crippen molar-refractivity contribution < 1.29 is 14.7 Å². The van der Waals surface area contributed by atoms with E-state index in [2.05, 4.69) is 10.6 Å². The monoisotopic (exact) mass is 426 g/mol. The summed E-state index contributed by atoms with van der Waals surface area (Å²) >= 11 is 1.37. The summed E-state index contributed by atoms with van der Waals surface area (Å²) in [4.78, 5) is 25.6. The Morgan fingerprint density at radius 3 is 2.43 bits per heavy atom. The van der Waals surface area contributed by atoms with Crippen molar-refractivity contribution in [3.8, 4) is 0 Å². The molecule has 1 unspecified atom stereocenters. The second kappa shape index (κ2) is 11.8. The summed E-state index contributed by atoms with van der Waals surface area (Å²) < 4.78 is 0.